The Morgan fingerprint density at radius 2 is 1.77 bits per heavy atom. The number of aliphatic hydroxyl groups excluding tert-OH is 1. The number of aliphatic hydroxyl groups is 1. The smallest absolute Gasteiger partial charge is 0.152 e. The number of rotatable bonds is 4. The molecule has 0 aromatic carbocycles. The van der Waals surface area contributed by atoms with Gasteiger partial charge in [0.2, 0.25) is 0 Å². The molecular formula is C10H23NO2. The molecule has 2 atom stereocenters. The van der Waals surface area contributed by atoms with E-state index in [2.05, 4.69) is 25.7 Å². The van der Waals surface area contributed by atoms with Crippen LogP contribution in [0.3, 0.4) is 0 Å². The Balaban J connectivity index is 4.20. The van der Waals surface area contributed by atoms with Crippen molar-refractivity contribution in [1.29, 1.82) is 0 Å². The van der Waals surface area contributed by atoms with E-state index >= 15 is 0 Å². The minimum absolute atomic E-state index is 0.0568. The van der Waals surface area contributed by atoms with E-state index < -0.39 is 6.29 Å². The molecule has 0 aliphatic rings. The summed E-state index contributed by atoms with van der Waals surface area (Å²) in [5, 5.41) is 9.16. The number of ether oxygens (including phenoxy) is 1. The summed E-state index contributed by atoms with van der Waals surface area (Å²) >= 11 is 0. The molecule has 0 bridgehead atoms. The molecule has 0 heterocycles. The summed E-state index contributed by atoms with van der Waals surface area (Å²) in [7, 11) is 4.01. The van der Waals surface area contributed by atoms with Gasteiger partial charge in [0, 0.05) is 6.54 Å². The Morgan fingerprint density at radius 3 is 2.00 bits per heavy atom. The van der Waals surface area contributed by atoms with Gasteiger partial charge in [-0.1, -0.05) is 20.8 Å². The van der Waals surface area contributed by atoms with Crippen LogP contribution in [0.5, 0.6) is 0 Å². The molecule has 0 aliphatic heterocycles. The average Bonchev–Trinajstić information content (AvgIpc) is 1.81. The maximum absolute atomic E-state index is 9.16. The highest BCUT2D eigenvalue weighted by Crippen LogP contribution is 2.23. The number of nitrogens with zero attached hydrogens (tertiary/aromatic N) is 1. The van der Waals surface area contributed by atoms with E-state index in [1.54, 1.807) is 6.92 Å². The Kier molecular flexibility index (Phi) is 4.89. The predicted octanol–water partition coefficient (Wildman–Crippen LogP) is 1.32. The highest BCUT2D eigenvalue weighted by molar-refractivity contribution is 4.76. The van der Waals surface area contributed by atoms with Crippen molar-refractivity contribution < 1.29 is 9.84 Å². The van der Waals surface area contributed by atoms with Crippen LogP contribution in [-0.2, 0) is 4.74 Å². The number of likely N-dealkylation sites (N-methyl/N-ethyl adjacent to an activating group) is 1. The fourth-order valence-electron chi connectivity index (χ4n) is 1.09. The molecule has 0 radical (unpaired) electrons. The van der Waals surface area contributed by atoms with Crippen molar-refractivity contribution in [2.24, 2.45) is 5.41 Å². The molecular weight excluding hydrogens is 166 g/mol. The lowest BCUT2D eigenvalue weighted by atomic mass is 9.88. The summed E-state index contributed by atoms with van der Waals surface area (Å²) in [4.78, 5) is 2.07. The van der Waals surface area contributed by atoms with E-state index in [-0.39, 0.29) is 11.5 Å². The van der Waals surface area contributed by atoms with Gasteiger partial charge in [0.1, 0.15) is 0 Å². The summed E-state index contributed by atoms with van der Waals surface area (Å²) in [5.41, 5.74) is 0.0568. The second kappa shape index (κ2) is 4.94. The molecule has 0 aromatic rings. The van der Waals surface area contributed by atoms with E-state index in [1.165, 1.54) is 0 Å². The van der Waals surface area contributed by atoms with Crippen LogP contribution in [0.25, 0.3) is 0 Å². The first-order valence-electron chi connectivity index (χ1n) is 4.71. The van der Waals surface area contributed by atoms with Crippen molar-refractivity contribution in [3.8, 4) is 0 Å². The first-order chi connectivity index (χ1) is 5.73. The summed E-state index contributed by atoms with van der Waals surface area (Å²) in [5.74, 6) is 0. The molecule has 2 unspecified atom stereocenters. The van der Waals surface area contributed by atoms with Crippen LogP contribution in [0.2, 0.25) is 0 Å². The van der Waals surface area contributed by atoms with Crippen molar-refractivity contribution in [2.45, 2.75) is 40.1 Å². The summed E-state index contributed by atoms with van der Waals surface area (Å²) < 4.78 is 5.44. The van der Waals surface area contributed by atoms with Gasteiger partial charge in [0.05, 0.1) is 6.10 Å². The van der Waals surface area contributed by atoms with Crippen LogP contribution < -0.4 is 0 Å². The monoisotopic (exact) mass is 189 g/mol. The van der Waals surface area contributed by atoms with Crippen LogP contribution in [-0.4, -0.2) is 43.0 Å². The zero-order valence-electron chi connectivity index (χ0n) is 9.66. The SMILES string of the molecule is CC(O)OC(CN(C)C)C(C)(C)C. The van der Waals surface area contributed by atoms with Gasteiger partial charge in [-0.05, 0) is 26.4 Å². The van der Waals surface area contributed by atoms with Crippen LogP contribution in [0.4, 0.5) is 0 Å². The third-order valence-electron chi connectivity index (χ3n) is 1.86. The molecule has 3 nitrogen and oxygen atoms in total. The quantitative estimate of drug-likeness (QED) is 0.677. The van der Waals surface area contributed by atoms with Gasteiger partial charge >= 0.3 is 0 Å². The third-order valence-corrected chi connectivity index (χ3v) is 1.86. The number of hydrogen-bond acceptors (Lipinski definition) is 3. The number of hydrogen-bond donors (Lipinski definition) is 1. The highest BCUT2D eigenvalue weighted by Gasteiger charge is 2.27. The molecule has 3 heteroatoms. The van der Waals surface area contributed by atoms with Crippen molar-refractivity contribution >= 4 is 0 Å². The van der Waals surface area contributed by atoms with Gasteiger partial charge in [-0.15, -0.1) is 0 Å². The summed E-state index contributed by atoms with van der Waals surface area (Å²) in [6, 6.07) is 0. The van der Waals surface area contributed by atoms with E-state index in [0.29, 0.717) is 0 Å². The molecule has 13 heavy (non-hydrogen) atoms. The second-order valence-corrected chi connectivity index (χ2v) is 4.85. The fraction of sp³-hybridized carbons (Fsp3) is 1.00. The van der Waals surface area contributed by atoms with E-state index in [0.717, 1.165) is 6.54 Å². The van der Waals surface area contributed by atoms with Crippen molar-refractivity contribution in [2.75, 3.05) is 20.6 Å². The molecule has 0 saturated carbocycles. The first-order valence-corrected chi connectivity index (χ1v) is 4.71. The Morgan fingerprint density at radius 1 is 1.31 bits per heavy atom. The standard InChI is InChI=1S/C10H23NO2/c1-8(12)13-9(7-11(5)6)10(2,3)4/h8-9,12H,7H2,1-6H3. The molecule has 0 fully saturated rings. The van der Waals surface area contributed by atoms with Gasteiger partial charge in [0.15, 0.2) is 6.29 Å². The minimum Gasteiger partial charge on any atom is -0.368 e. The van der Waals surface area contributed by atoms with E-state index in [1.807, 2.05) is 14.1 Å². The molecule has 0 aliphatic carbocycles. The van der Waals surface area contributed by atoms with Gasteiger partial charge < -0.3 is 14.7 Å². The van der Waals surface area contributed by atoms with E-state index in [9.17, 15) is 0 Å². The maximum atomic E-state index is 9.16. The lowest BCUT2D eigenvalue weighted by Gasteiger charge is -2.33. The summed E-state index contributed by atoms with van der Waals surface area (Å²) in [6.07, 6.45) is -0.633. The van der Waals surface area contributed by atoms with Crippen molar-refractivity contribution in [1.82, 2.24) is 4.90 Å². The first kappa shape index (κ1) is 12.9. The van der Waals surface area contributed by atoms with Gasteiger partial charge in [-0.25, -0.2) is 0 Å². The largest absolute Gasteiger partial charge is 0.368 e. The molecule has 0 saturated heterocycles. The van der Waals surface area contributed by atoms with Crippen LogP contribution in [0, 0.1) is 5.41 Å². The zero-order valence-corrected chi connectivity index (χ0v) is 9.66. The Hall–Kier alpha value is -0.120. The zero-order chi connectivity index (χ0) is 10.6. The predicted molar refractivity (Wildman–Crippen MR) is 54.6 cm³/mol. The maximum Gasteiger partial charge on any atom is 0.152 e. The molecule has 80 valence electrons. The molecule has 0 rings (SSSR count). The lowest BCUT2D eigenvalue weighted by Crippen LogP contribution is -2.40. The topological polar surface area (TPSA) is 32.7 Å². The second-order valence-electron chi connectivity index (χ2n) is 4.85. The normalized spacial score (nSPS) is 17.5. The highest BCUT2D eigenvalue weighted by atomic mass is 16.6. The van der Waals surface area contributed by atoms with Crippen LogP contribution in [0.15, 0.2) is 0 Å². The molecule has 0 spiro atoms. The molecule has 1 N–H and O–H groups in total. The van der Waals surface area contributed by atoms with Crippen LogP contribution in [0.1, 0.15) is 27.7 Å². The van der Waals surface area contributed by atoms with E-state index in [4.69, 9.17) is 9.84 Å². The Labute approximate surface area is 81.7 Å². The minimum atomic E-state index is -0.691. The van der Waals surface area contributed by atoms with Gasteiger partial charge in [0.25, 0.3) is 0 Å². The molecule has 0 amide bonds. The Bertz CT molecular complexity index is 128. The van der Waals surface area contributed by atoms with Gasteiger partial charge in [-0.2, -0.15) is 0 Å². The fourth-order valence-corrected chi connectivity index (χ4v) is 1.09. The molecule has 0 aromatic heterocycles. The average molecular weight is 189 g/mol. The van der Waals surface area contributed by atoms with Crippen molar-refractivity contribution in [3.63, 3.8) is 0 Å². The van der Waals surface area contributed by atoms with Crippen LogP contribution >= 0.6 is 0 Å². The third kappa shape index (κ3) is 6.02. The van der Waals surface area contributed by atoms with Crippen molar-refractivity contribution in [3.05, 3.63) is 0 Å². The van der Waals surface area contributed by atoms with Gasteiger partial charge in [-0.3, -0.25) is 0 Å². The lowest BCUT2D eigenvalue weighted by molar-refractivity contribution is -0.157. The summed E-state index contributed by atoms with van der Waals surface area (Å²) in [6.45, 7) is 8.82.